The molecule has 3 aromatic rings. The summed E-state index contributed by atoms with van der Waals surface area (Å²) in [5.41, 5.74) is 3.59. The standard InChI is InChI=1S/C24H26N2O2/c1-16-11-12-19(14-17(16)2)26-15-22(20-9-4-5-10-21(20)23(26)27)24(28)25-13-7-6-8-18(25)3/h4-5,9-12,14-15,18H,6-8,13H2,1-3H3/t18-/m0/s1. The highest BCUT2D eigenvalue weighted by atomic mass is 16.2. The molecular formula is C24H26N2O2. The van der Waals surface area contributed by atoms with Gasteiger partial charge in [-0.1, -0.05) is 24.3 Å². The van der Waals surface area contributed by atoms with Crippen LogP contribution in [0.2, 0.25) is 0 Å². The lowest BCUT2D eigenvalue weighted by Gasteiger charge is -2.33. The number of hydrogen-bond acceptors (Lipinski definition) is 2. The molecule has 28 heavy (non-hydrogen) atoms. The molecule has 4 rings (SSSR count). The first-order valence-electron chi connectivity index (χ1n) is 10.0. The molecule has 0 saturated carbocycles. The first-order valence-corrected chi connectivity index (χ1v) is 10.0. The Balaban J connectivity index is 1.93. The van der Waals surface area contributed by atoms with Crippen molar-refractivity contribution >= 4 is 16.7 Å². The second-order valence-electron chi connectivity index (χ2n) is 7.88. The number of aromatic nitrogens is 1. The van der Waals surface area contributed by atoms with E-state index in [1.807, 2.05) is 54.3 Å². The zero-order chi connectivity index (χ0) is 19.8. The van der Waals surface area contributed by atoms with Crippen LogP contribution in [0.5, 0.6) is 0 Å². The largest absolute Gasteiger partial charge is 0.336 e. The number of benzene rings is 2. The minimum atomic E-state index is -0.0953. The minimum Gasteiger partial charge on any atom is -0.336 e. The normalized spacial score (nSPS) is 17.1. The van der Waals surface area contributed by atoms with Crippen molar-refractivity contribution in [3.05, 3.63) is 75.7 Å². The maximum Gasteiger partial charge on any atom is 0.262 e. The maximum absolute atomic E-state index is 13.5. The van der Waals surface area contributed by atoms with Crippen molar-refractivity contribution < 1.29 is 4.79 Å². The van der Waals surface area contributed by atoms with E-state index < -0.39 is 0 Å². The van der Waals surface area contributed by atoms with Gasteiger partial charge in [-0.05, 0) is 69.4 Å². The van der Waals surface area contributed by atoms with Crippen LogP contribution < -0.4 is 5.56 Å². The molecule has 0 bridgehead atoms. The molecule has 0 spiro atoms. The van der Waals surface area contributed by atoms with Crippen molar-refractivity contribution in [2.24, 2.45) is 0 Å². The summed E-state index contributed by atoms with van der Waals surface area (Å²) in [6.45, 7) is 6.97. The van der Waals surface area contributed by atoms with Crippen molar-refractivity contribution in [3.63, 3.8) is 0 Å². The van der Waals surface area contributed by atoms with Gasteiger partial charge in [-0.2, -0.15) is 0 Å². The molecule has 0 aliphatic carbocycles. The van der Waals surface area contributed by atoms with Gasteiger partial charge >= 0.3 is 0 Å². The number of nitrogens with zero attached hydrogens (tertiary/aromatic N) is 2. The van der Waals surface area contributed by atoms with E-state index in [4.69, 9.17) is 0 Å². The third kappa shape index (κ3) is 3.13. The predicted octanol–water partition coefficient (Wildman–Crippen LogP) is 4.62. The summed E-state index contributed by atoms with van der Waals surface area (Å²) >= 11 is 0. The van der Waals surface area contributed by atoms with Crippen molar-refractivity contribution in [1.29, 1.82) is 0 Å². The fourth-order valence-electron chi connectivity index (χ4n) is 4.08. The third-order valence-electron chi connectivity index (χ3n) is 5.99. The van der Waals surface area contributed by atoms with Crippen molar-refractivity contribution in [2.45, 2.75) is 46.1 Å². The predicted molar refractivity (Wildman–Crippen MR) is 113 cm³/mol. The summed E-state index contributed by atoms with van der Waals surface area (Å²) in [7, 11) is 0. The number of pyridine rings is 1. The van der Waals surface area contributed by atoms with E-state index >= 15 is 0 Å². The van der Waals surface area contributed by atoms with Gasteiger partial charge < -0.3 is 4.90 Å². The van der Waals surface area contributed by atoms with Gasteiger partial charge in [-0.3, -0.25) is 14.2 Å². The average Bonchev–Trinajstić information content (AvgIpc) is 2.70. The molecule has 4 heteroatoms. The number of piperidine rings is 1. The van der Waals surface area contributed by atoms with Crippen LogP contribution in [0.1, 0.15) is 47.7 Å². The van der Waals surface area contributed by atoms with Crippen LogP contribution in [0.4, 0.5) is 0 Å². The minimum absolute atomic E-state index is 0.0148. The first-order chi connectivity index (χ1) is 13.5. The molecule has 0 N–H and O–H groups in total. The van der Waals surface area contributed by atoms with Crippen LogP contribution in [0.3, 0.4) is 0 Å². The Bertz CT molecular complexity index is 1110. The number of carbonyl (C=O) groups excluding carboxylic acids is 1. The number of rotatable bonds is 2. The monoisotopic (exact) mass is 374 g/mol. The summed E-state index contributed by atoms with van der Waals surface area (Å²) in [6, 6.07) is 13.6. The summed E-state index contributed by atoms with van der Waals surface area (Å²) < 4.78 is 1.62. The number of aryl methyl sites for hydroxylation is 2. The van der Waals surface area contributed by atoms with E-state index in [0.29, 0.717) is 10.9 Å². The summed E-state index contributed by atoms with van der Waals surface area (Å²) in [4.78, 5) is 28.6. The smallest absolute Gasteiger partial charge is 0.262 e. The fraction of sp³-hybridized carbons (Fsp3) is 0.333. The second kappa shape index (κ2) is 7.27. The zero-order valence-electron chi connectivity index (χ0n) is 16.7. The topological polar surface area (TPSA) is 42.3 Å². The molecule has 1 aliphatic heterocycles. The van der Waals surface area contributed by atoms with Crippen molar-refractivity contribution in [2.75, 3.05) is 6.54 Å². The molecule has 1 aromatic heterocycles. The van der Waals surface area contributed by atoms with Crippen molar-refractivity contribution in [1.82, 2.24) is 9.47 Å². The maximum atomic E-state index is 13.5. The Morgan fingerprint density at radius 1 is 1.00 bits per heavy atom. The van der Waals surface area contributed by atoms with Crippen LogP contribution in [0, 0.1) is 13.8 Å². The molecule has 2 heterocycles. The van der Waals surface area contributed by atoms with Crippen LogP contribution in [0.15, 0.2) is 53.5 Å². The number of likely N-dealkylation sites (tertiary alicyclic amines) is 1. The number of amides is 1. The van der Waals surface area contributed by atoms with E-state index in [0.717, 1.165) is 42.4 Å². The average molecular weight is 374 g/mol. The van der Waals surface area contributed by atoms with Crippen molar-refractivity contribution in [3.8, 4) is 5.69 Å². The Morgan fingerprint density at radius 2 is 1.75 bits per heavy atom. The third-order valence-corrected chi connectivity index (χ3v) is 5.99. The van der Waals surface area contributed by atoms with Gasteiger partial charge in [-0.15, -0.1) is 0 Å². The summed E-state index contributed by atoms with van der Waals surface area (Å²) in [5.74, 6) is 0.0148. The van der Waals surface area contributed by atoms with Gasteiger partial charge in [-0.25, -0.2) is 0 Å². The fourth-order valence-corrected chi connectivity index (χ4v) is 4.08. The molecule has 1 aliphatic rings. The van der Waals surface area contributed by atoms with Gasteiger partial charge in [0.1, 0.15) is 0 Å². The number of fused-ring (bicyclic) bond motifs is 1. The second-order valence-corrected chi connectivity index (χ2v) is 7.88. The number of carbonyl (C=O) groups is 1. The molecule has 1 fully saturated rings. The highest BCUT2D eigenvalue weighted by molar-refractivity contribution is 6.06. The Kier molecular flexibility index (Phi) is 4.80. The van der Waals surface area contributed by atoms with E-state index in [9.17, 15) is 9.59 Å². The molecular weight excluding hydrogens is 348 g/mol. The van der Waals surface area contributed by atoms with Crippen LogP contribution in [-0.4, -0.2) is 28.0 Å². The van der Waals surface area contributed by atoms with Crippen LogP contribution >= 0.6 is 0 Å². The van der Waals surface area contributed by atoms with E-state index in [-0.39, 0.29) is 17.5 Å². The molecule has 1 atom stereocenters. The lowest BCUT2D eigenvalue weighted by Crippen LogP contribution is -2.42. The van der Waals surface area contributed by atoms with E-state index in [1.165, 1.54) is 5.56 Å². The van der Waals surface area contributed by atoms with Gasteiger partial charge in [0, 0.05) is 35.2 Å². The van der Waals surface area contributed by atoms with Gasteiger partial charge in [0.05, 0.1) is 5.56 Å². The number of hydrogen-bond donors (Lipinski definition) is 0. The quantitative estimate of drug-likeness (QED) is 0.657. The molecule has 1 saturated heterocycles. The lowest BCUT2D eigenvalue weighted by molar-refractivity contribution is 0.0637. The zero-order valence-corrected chi connectivity index (χ0v) is 16.7. The van der Waals surface area contributed by atoms with Gasteiger partial charge in [0.15, 0.2) is 0 Å². The SMILES string of the molecule is Cc1ccc(-n2cc(C(=O)N3CCCC[C@@H]3C)c3ccccc3c2=O)cc1C. The van der Waals surface area contributed by atoms with E-state index in [2.05, 4.69) is 13.8 Å². The first kappa shape index (κ1) is 18.5. The summed E-state index contributed by atoms with van der Waals surface area (Å²) in [6.07, 6.45) is 4.96. The van der Waals surface area contributed by atoms with Crippen LogP contribution in [0.25, 0.3) is 16.5 Å². The Morgan fingerprint density at radius 3 is 2.46 bits per heavy atom. The molecule has 1 amide bonds. The van der Waals surface area contributed by atoms with Gasteiger partial charge in [0.2, 0.25) is 0 Å². The van der Waals surface area contributed by atoms with E-state index in [1.54, 1.807) is 10.8 Å². The lowest BCUT2D eigenvalue weighted by atomic mass is 10.0. The Hall–Kier alpha value is -2.88. The van der Waals surface area contributed by atoms with Crippen LogP contribution in [-0.2, 0) is 0 Å². The Labute approximate surface area is 165 Å². The molecule has 2 aromatic carbocycles. The van der Waals surface area contributed by atoms with Gasteiger partial charge in [0.25, 0.3) is 11.5 Å². The summed E-state index contributed by atoms with van der Waals surface area (Å²) in [5, 5.41) is 1.31. The molecule has 4 nitrogen and oxygen atoms in total. The highest BCUT2D eigenvalue weighted by Crippen LogP contribution is 2.24. The molecule has 0 unspecified atom stereocenters. The molecule has 0 radical (unpaired) electrons. The highest BCUT2D eigenvalue weighted by Gasteiger charge is 2.26. The molecule has 144 valence electrons.